The highest BCUT2D eigenvalue weighted by Gasteiger charge is 2.12. The highest BCUT2D eigenvalue weighted by molar-refractivity contribution is 6.06. The highest BCUT2D eigenvalue weighted by Crippen LogP contribution is 2.22. The van der Waals surface area contributed by atoms with Crippen LogP contribution in [0, 0.1) is 11.3 Å². The average Bonchev–Trinajstić information content (AvgIpc) is 2.72. The van der Waals surface area contributed by atoms with E-state index >= 15 is 0 Å². The van der Waals surface area contributed by atoms with Crippen LogP contribution in [0.25, 0.3) is 0 Å². The lowest BCUT2D eigenvalue weighted by Crippen LogP contribution is -2.13. The van der Waals surface area contributed by atoms with Crippen LogP contribution in [0.4, 0.5) is 5.69 Å². The van der Waals surface area contributed by atoms with E-state index in [9.17, 15) is 4.79 Å². The number of anilines is 1. The number of nitriles is 1. The number of rotatable bonds is 6. The molecule has 0 aliphatic heterocycles. The standard InChI is InChI=1S/C22H18N2O3/c1-26-21-11-3-2-10-20(21)22(25)24-18-8-5-9-19(13-18)27-15-17-7-4-6-16(12-17)14-23/h2-13H,15H2,1H3,(H,24,25). The number of carbonyl (C=O) groups is 1. The Kier molecular flexibility index (Phi) is 5.70. The Balaban J connectivity index is 1.68. The molecule has 0 atom stereocenters. The molecule has 0 saturated heterocycles. The molecule has 1 amide bonds. The number of ether oxygens (including phenoxy) is 2. The number of amides is 1. The predicted octanol–water partition coefficient (Wildman–Crippen LogP) is 4.40. The van der Waals surface area contributed by atoms with Crippen LogP contribution in [0.5, 0.6) is 11.5 Å². The van der Waals surface area contributed by atoms with E-state index in [1.165, 1.54) is 7.11 Å². The zero-order valence-electron chi connectivity index (χ0n) is 14.8. The maximum atomic E-state index is 12.5. The van der Waals surface area contributed by atoms with Crippen molar-refractivity contribution >= 4 is 11.6 Å². The van der Waals surface area contributed by atoms with Gasteiger partial charge in [0, 0.05) is 11.8 Å². The fourth-order valence-electron chi connectivity index (χ4n) is 2.59. The van der Waals surface area contributed by atoms with Crippen molar-refractivity contribution in [3.63, 3.8) is 0 Å². The first-order valence-corrected chi connectivity index (χ1v) is 8.36. The molecule has 0 aromatic heterocycles. The third kappa shape index (κ3) is 4.65. The molecule has 3 rings (SSSR count). The quantitative estimate of drug-likeness (QED) is 0.709. The van der Waals surface area contributed by atoms with E-state index in [-0.39, 0.29) is 5.91 Å². The van der Waals surface area contributed by atoms with Crippen LogP contribution in [0.1, 0.15) is 21.5 Å². The summed E-state index contributed by atoms with van der Waals surface area (Å²) < 4.78 is 11.0. The SMILES string of the molecule is COc1ccccc1C(=O)Nc1cccc(OCc2cccc(C#N)c2)c1. The number of nitrogens with zero attached hydrogens (tertiary/aromatic N) is 1. The summed E-state index contributed by atoms with van der Waals surface area (Å²) in [7, 11) is 1.53. The second kappa shape index (κ2) is 8.54. The maximum Gasteiger partial charge on any atom is 0.259 e. The minimum absolute atomic E-state index is 0.258. The third-order valence-corrected chi connectivity index (χ3v) is 3.91. The Morgan fingerprint density at radius 1 is 1.04 bits per heavy atom. The first kappa shape index (κ1) is 18.0. The van der Waals surface area contributed by atoms with E-state index < -0.39 is 0 Å². The smallest absolute Gasteiger partial charge is 0.259 e. The highest BCUT2D eigenvalue weighted by atomic mass is 16.5. The maximum absolute atomic E-state index is 12.5. The Morgan fingerprint density at radius 2 is 1.85 bits per heavy atom. The van der Waals surface area contributed by atoms with Gasteiger partial charge in [-0.2, -0.15) is 5.26 Å². The molecule has 3 aromatic rings. The molecule has 0 radical (unpaired) electrons. The van der Waals surface area contributed by atoms with Gasteiger partial charge in [0.05, 0.1) is 24.3 Å². The van der Waals surface area contributed by atoms with Crippen molar-refractivity contribution in [3.05, 3.63) is 89.5 Å². The van der Waals surface area contributed by atoms with Gasteiger partial charge in [0.15, 0.2) is 0 Å². The summed E-state index contributed by atoms with van der Waals surface area (Å²) in [4.78, 5) is 12.5. The molecule has 0 bridgehead atoms. The van der Waals surface area contributed by atoms with Gasteiger partial charge in [-0.05, 0) is 42.0 Å². The molecule has 5 heteroatoms. The molecule has 0 aliphatic rings. The molecular weight excluding hydrogens is 340 g/mol. The van der Waals surface area contributed by atoms with Crippen molar-refractivity contribution in [3.8, 4) is 17.6 Å². The zero-order valence-corrected chi connectivity index (χ0v) is 14.8. The lowest BCUT2D eigenvalue weighted by Gasteiger charge is -2.11. The lowest BCUT2D eigenvalue weighted by molar-refractivity contribution is 0.102. The van der Waals surface area contributed by atoms with Gasteiger partial charge in [0.25, 0.3) is 5.91 Å². The summed E-state index contributed by atoms with van der Waals surface area (Å²) in [5.41, 5.74) is 2.57. The van der Waals surface area contributed by atoms with Gasteiger partial charge in [0.1, 0.15) is 18.1 Å². The normalized spacial score (nSPS) is 9.93. The number of para-hydroxylation sites is 1. The molecule has 1 N–H and O–H groups in total. The molecule has 0 heterocycles. The first-order chi connectivity index (χ1) is 13.2. The number of nitrogens with one attached hydrogen (secondary N) is 1. The summed E-state index contributed by atoms with van der Waals surface area (Å²) in [5, 5.41) is 11.8. The number of carbonyl (C=O) groups excluding carboxylic acids is 1. The summed E-state index contributed by atoms with van der Waals surface area (Å²) in [6.45, 7) is 0.333. The van der Waals surface area contributed by atoms with Gasteiger partial charge in [0.2, 0.25) is 0 Å². The summed E-state index contributed by atoms with van der Waals surface area (Å²) in [6, 6.07) is 23.6. The topological polar surface area (TPSA) is 71.3 Å². The third-order valence-electron chi connectivity index (χ3n) is 3.91. The summed E-state index contributed by atoms with van der Waals surface area (Å²) in [5.74, 6) is 0.876. The molecule has 134 valence electrons. The van der Waals surface area contributed by atoms with Gasteiger partial charge in [-0.25, -0.2) is 0 Å². The van der Waals surface area contributed by atoms with E-state index in [0.29, 0.717) is 34.9 Å². The van der Waals surface area contributed by atoms with Crippen LogP contribution in [-0.4, -0.2) is 13.0 Å². The van der Waals surface area contributed by atoms with Crippen molar-refractivity contribution in [2.24, 2.45) is 0 Å². The molecule has 0 aliphatic carbocycles. The van der Waals surface area contributed by atoms with Crippen LogP contribution in [0.2, 0.25) is 0 Å². The number of hydrogen-bond donors (Lipinski definition) is 1. The van der Waals surface area contributed by atoms with Crippen LogP contribution < -0.4 is 14.8 Å². The van der Waals surface area contributed by atoms with E-state index in [1.54, 1.807) is 48.5 Å². The fraction of sp³-hybridized carbons (Fsp3) is 0.0909. The van der Waals surface area contributed by atoms with E-state index in [2.05, 4.69) is 11.4 Å². The Bertz CT molecular complexity index is 993. The van der Waals surface area contributed by atoms with Crippen molar-refractivity contribution in [1.29, 1.82) is 5.26 Å². The fourth-order valence-corrected chi connectivity index (χ4v) is 2.59. The second-order valence-corrected chi connectivity index (χ2v) is 5.78. The average molecular weight is 358 g/mol. The van der Waals surface area contributed by atoms with Gasteiger partial charge in [-0.1, -0.05) is 30.3 Å². The van der Waals surface area contributed by atoms with Gasteiger partial charge >= 0.3 is 0 Å². The molecular formula is C22H18N2O3. The first-order valence-electron chi connectivity index (χ1n) is 8.36. The minimum atomic E-state index is -0.258. The number of methoxy groups -OCH3 is 1. The van der Waals surface area contributed by atoms with Crippen LogP contribution in [0.15, 0.2) is 72.8 Å². The summed E-state index contributed by atoms with van der Waals surface area (Å²) in [6.07, 6.45) is 0. The van der Waals surface area contributed by atoms with E-state index in [1.807, 2.05) is 24.3 Å². The monoisotopic (exact) mass is 358 g/mol. The van der Waals surface area contributed by atoms with Gasteiger partial charge in [-0.3, -0.25) is 4.79 Å². The number of benzene rings is 3. The molecule has 0 spiro atoms. The zero-order chi connectivity index (χ0) is 19.1. The summed E-state index contributed by atoms with van der Waals surface area (Å²) >= 11 is 0. The van der Waals surface area contributed by atoms with E-state index in [0.717, 1.165) is 5.56 Å². The van der Waals surface area contributed by atoms with Crippen molar-refractivity contribution in [2.75, 3.05) is 12.4 Å². The lowest BCUT2D eigenvalue weighted by atomic mass is 10.1. The minimum Gasteiger partial charge on any atom is -0.496 e. The molecule has 0 saturated carbocycles. The molecule has 3 aromatic carbocycles. The van der Waals surface area contributed by atoms with Crippen LogP contribution in [0.3, 0.4) is 0 Å². The Labute approximate surface area is 157 Å². The number of hydrogen-bond acceptors (Lipinski definition) is 4. The van der Waals surface area contributed by atoms with Crippen molar-refractivity contribution in [2.45, 2.75) is 6.61 Å². The predicted molar refractivity (Wildman–Crippen MR) is 103 cm³/mol. The Morgan fingerprint density at radius 3 is 2.67 bits per heavy atom. The molecule has 0 fully saturated rings. The van der Waals surface area contributed by atoms with E-state index in [4.69, 9.17) is 14.7 Å². The second-order valence-electron chi connectivity index (χ2n) is 5.78. The van der Waals surface area contributed by atoms with Gasteiger partial charge < -0.3 is 14.8 Å². The molecule has 0 unspecified atom stereocenters. The van der Waals surface area contributed by atoms with Crippen molar-refractivity contribution in [1.82, 2.24) is 0 Å². The van der Waals surface area contributed by atoms with Gasteiger partial charge in [-0.15, -0.1) is 0 Å². The largest absolute Gasteiger partial charge is 0.496 e. The van der Waals surface area contributed by atoms with Crippen LogP contribution >= 0.6 is 0 Å². The molecule has 27 heavy (non-hydrogen) atoms. The van der Waals surface area contributed by atoms with Crippen LogP contribution in [-0.2, 0) is 6.61 Å². The Hall–Kier alpha value is -3.78. The molecule has 5 nitrogen and oxygen atoms in total. The van der Waals surface area contributed by atoms with Crippen molar-refractivity contribution < 1.29 is 14.3 Å².